The molecular formula is C9H11N3O2. The average molecular weight is 193 g/mol. The number of ether oxygens (including phenoxy) is 1. The topological polar surface area (TPSA) is 64.1 Å². The zero-order chi connectivity index (χ0) is 9.80. The maximum Gasteiger partial charge on any atom is 0.317 e. The zero-order valence-corrected chi connectivity index (χ0v) is 7.64. The molecule has 1 aliphatic rings. The van der Waals surface area contributed by atoms with Crippen LogP contribution in [-0.2, 0) is 4.79 Å². The van der Waals surface area contributed by atoms with E-state index in [9.17, 15) is 4.79 Å². The number of amides is 1. The smallest absolute Gasteiger partial charge is 0.317 e. The third kappa shape index (κ3) is 1.99. The Balaban J connectivity index is 2.00. The summed E-state index contributed by atoms with van der Waals surface area (Å²) < 4.78 is 5.33. The van der Waals surface area contributed by atoms with Gasteiger partial charge in [0.05, 0.1) is 0 Å². The largest absolute Gasteiger partial charge is 0.450 e. The number of hydrogen-bond acceptors (Lipinski definition) is 4. The third-order valence-corrected chi connectivity index (χ3v) is 2.02. The lowest BCUT2D eigenvalue weighted by atomic mass is 10.1. The minimum Gasteiger partial charge on any atom is -0.450 e. The van der Waals surface area contributed by atoms with Gasteiger partial charge in [-0.05, 0) is 18.9 Å². The molecule has 2 rings (SSSR count). The van der Waals surface area contributed by atoms with Crippen LogP contribution >= 0.6 is 0 Å². The van der Waals surface area contributed by atoms with Gasteiger partial charge in [0.15, 0.2) is 6.10 Å². The lowest BCUT2D eigenvalue weighted by molar-refractivity contribution is -0.130. The molecule has 1 N–H and O–H groups in total. The van der Waals surface area contributed by atoms with E-state index in [1.165, 1.54) is 0 Å². The second-order valence-electron chi connectivity index (χ2n) is 3.07. The molecule has 1 aliphatic heterocycles. The SMILES string of the molecule is O=C1NCCCC1Oc1ncccn1. The van der Waals surface area contributed by atoms with Crippen LogP contribution in [0.4, 0.5) is 0 Å². The number of hydrogen-bond donors (Lipinski definition) is 1. The van der Waals surface area contributed by atoms with Gasteiger partial charge in [-0.25, -0.2) is 9.97 Å². The maximum atomic E-state index is 11.3. The Morgan fingerprint density at radius 2 is 2.21 bits per heavy atom. The van der Waals surface area contributed by atoms with Crippen molar-refractivity contribution in [3.8, 4) is 6.01 Å². The van der Waals surface area contributed by atoms with Crippen molar-refractivity contribution in [3.63, 3.8) is 0 Å². The predicted molar refractivity (Wildman–Crippen MR) is 48.7 cm³/mol. The number of carbonyl (C=O) groups is 1. The Bertz CT molecular complexity index is 315. The molecule has 0 spiro atoms. The van der Waals surface area contributed by atoms with E-state index in [0.29, 0.717) is 0 Å². The molecular weight excluding hydrogens is 182 g/mol. The number of nitrogens with one attached hydrogen (secondary N) is 1. The van der Waals surface area contributed by atoms with Crippen LogP contribution in [0.25, 0.3) is 0 Å². The number of rotatable bonds is 2. The molecule has 74 valence electrons. The van der Waals surface area contributed by atoms with Gasteiger partial charge in [0.1, 0.15) is 0 Å². The molecule has 1 unspecified atom stereocenters. The molecule has 1 fully saturated rings. The molecule has 0 aliphatic carbocycles. The van der Waals surface area contributed by atoms with Crippen molar-refractivity contribution < 1.29 is 9.53 Å². The highest BCUT2D eigenvalue weighted by Crippen LogP contribution is 2.10. The third-order valence-electron chi connectivity index (χ3n) is 2.02. The van der Waals surface area contributed by atoms with E-state index in [1.807, 2.05) is 0 Å². The minimum atomic E-state index is -0.439. The minimum absolute atomic E-state index is 0.0799. The van der Waals surface area contributed by atoms with Crippen LogP contribution in [-0.4, -0.2) is 28.5 Å². The van der Waals surface area contributed by atoms with E-state index < -0.39 is 6.10 Å². The monoisotopic (exact) mass is 193 g/mol. The van der Waals surface area contributed by atoms with Crippen LogP contribution in [0.1, 0.15) is 12.8 Å². The van der Waals surface area contributed by atoms with E-state index in [2.05, 4.69) is 15.3 Å². The number of piperidine rings is 1. The van der Waals surface area contributed by atoms with E-state index in [0.717, 1.165) is 19.4 Å². The van der Waals surface area contributed by atoms with Crippen molar-refractivity contribution in [2.75, 3.05) is 6.54 Å². The number of carbonyl (C=O) groups excluding carboxylic acids is 1. The van der Waals surface area contributed by atoms with Crippen LogP contribution in [0.15, 0.2) is 18.5 Å². The second kappa shape index (κ2) is 4.04. The summed E-state index contributed by atoms with van der Waals surface area (Å²) in [6, 6.07) is 1.96. The van der Waals surface area contributed by atoms with Crippen molar-refractivity contribution in [1.82, 2.24) is 15.3 Å². The lowest BCUT2D eigenvalue weighted by Crippen LogP contribution is -2.43. The van der Waals surface area contributed by atoms with Crippen LogP contribution in [0.5, 0.6) is 6.01 Å². The van der Waals surface area contributed by atoms with Gasteiger partial charge in [-0.15, -0.1) is 0 Å². The van der Waals surface area contributed by atoms with E-state index in [4.69, 9.17) is 4.74 Å². The Labute approximate surface area is 81.5 Å². The van der Waals surface area contributed by atoms with Gasteiger partial charge < -0.3 is 10.1 Å². The molecule has 0 aromatic carbocycles. The van der Waals surface area contributed by atoms with Crippen LogP contribution < -0.4 is 10.1 Å². The first-order valence-electron chi connectivity index (χ1n) is 4.57. The quantitative estimate of drug-likeness (QED) is 0.725. The molecule has 1 atom stereocenters. The number of aromatic nitrogens is 2. The Kier molecular flexibility index (Phi) is 2.58. The van der Waals surface area contributed by atoms with Crippen molar-refractivity contribution in [2.45, 2.75) is 18.9 Å². The molecule has 0 radical (unpaired) electrons. The number of nitrogens with zero attached hydrogens (tertiary/aromatic N) is 2. The summed E-state index contributed by atoms with van der Waals surface area (Å²) in [6.07, 6.45) is 4.39. The zero-order valence-electron chi connectivity index (χ0n) is 7.64. The van der Waals surface area contributed by atoms with Gasteiger partial charge in [0.25, 0.3) is 5.91 Å². The molecule has 0 bridgehead atoms. The Morgan fingerprint density at radius 3 is 2.93 bits per heavy atom. The summed E-state index contributed by atoms with van der Waals surface area (Å²) in [7, 11) is 0. The van der Waals surface area contributed by atoms with Gasteiger partial charge in [-0.1, -0.05) is 0 Å². The molecule has 1 amide bonds. The molecule has 5 nitrogen and oxygen atoms in total. The highest BCUT2D eigenvalue weighted by Gasteiger charge is 2.24. The Morgan fingerprint density at radius 1 is 1.43 bits per heavy atom. The van der Waals surface area contributed by atoms with E-state index >= 15 is 0 Å². The first-order chi connectivity index (χ1) is 6.86. The molecule has 1 aromatic rings. The maximum absolute atomic E-state index is 11.3. The van der Waals surface area contributed by atoms with Crippen molar-refractivity contribution in [1.29, 1.82) is 0 Å². The van der Waals surface area contributed by atoms with Gasteiger partial charge >= 0.3 is 6.01 Å². The lowest BCUT2D eigenvalue weighted by Gasteiger charge is -2.21. The molecule has 2 heterocycles. The van der Waals surface area contributed by atoms with Gasteiger partial charge in [-0.3, -0.25) is 4.79 Å². The molecule has 1 aromatic heterocycles. The summed E-state index contributed by atoms with van der Waals surface area (Å²) in [5.74, 6) is -0.0799. The summed E-state index contributed by atoms with van der Waals surface area (Å²) in [5.41, 5.74) is 0. The van der Waals surface area contributed by atoms with Crippen LogP contribution in [0.2, 0.25) is 0 Å². The normalized spacial score (nSPS) is 21.4. The first-order valence-corrected chi connectivity index (χ1v) is 4.57. The standard InChI is InChI=1S/C9H11N3O2/c13-8-7(3-1-4-10-8)14-9-11-5-2-6-12-9/h2,5-7H,1,3-4H2,(H,10,13). The molecule has 0 saturated carbocycles. The van der Waals surface area contributed by atoms with Crippen LogP contribution in [0, 0.1) is 0 Å². The van der Waals surface area contributed by atoms with E-state index in [1.54, 1.807) is 18.5 Å². The first kappa shape index (κ1) is 8.93. The fourth-order valence-electron chi connectivity index (χ4n) is 1.33. The van der Waals surface area contributed by atoms with Crippen molar-refractivity contribution in [3.05, 3.63) is 18.5 Å². The molecule has 1 saturated heterocycles. The average Bonchev–Trinajstić information content (AvgIpc) is 2.23. The van der Waals surface area contributed by atoms with Gasteiger partial charge in [-0.2, -0.15) is 0 Å². The predicted octanol–water partition coefficient (Wildman–Crippen LogP) is 0.134. The Hall–Kier alpha value is -1.65. The summed E-state index contributed by atoms with van der Waals surface area (Å²) in [6.45, 7) is 0.730. The summed E-state index contributed by atoms with van der Waals surface area (Å²) in [4.78, 5) is 19.1. The summed E-state index contributed by atoms with van der Waals surface area (Å²) in [5, 5.41) is 2.73. The fourth-order valence-corrected chi connectivity index (χ4v) is 1.33. The highest BCUT2D eigenvalue weighted by atomic mass is 16.5. The van der Waals surface area contributed by atoms with Gasteiger partial charge in [0, 0.05) is 18.9 Å². The fraction of sp³-hybridized carbons (Fsp3) is 0.444. The van der Waals surface area contributed by atoms with Crippen molar-refractivity contribution in [2.24, 2.45) is 0 Å². The van der Waals surface area contributed by atoms with Crippen LogP contribution in [0.3, 0.4) is 0 Å². The molecule has 5 heteroatoms. The highest BCUT2D eigenvalue weighted by molar-refractivity contribution is 5.81. The second-order valence-corrected chi connectivity index (χ2v) is 3.07. The van der Waals surface area contributed by atoms with Crippen molar-refractivity contribution >= 4 is 5.91 Å². The summed E-state index contributed by atoms with van der Waals surface area (Å²) >= 11 is 0. The van der Waals surface area contributed by atoms with Gasteiger partial charge in [0.2, 0.25) is 0 Å². The molecule has 14 heavy (non-hydrogen) atoms. The van der Waals surface area contributed by atoms with E-state index in [-0.39, 0.29) is 11.9 Å².